The molecular weight excluding hydrogens is 378 g/mol. The smallest absolute Gasteiger partial charge is 0.134 e. The van der Waals surface area contributed by atoms with Crippen LogP contribution in [0.3, 0.4) is 0 Å². The van der Waals surface area contributed by atoms with Crippen LogP contribution in [0.4, 0.5) is 0 Å². The normalized spacial score (nSPS) is 19.5. The summed E-state index contributed by atoms with van der Waals surface area (Å²) in [5.41, 5.74) is 10.3. The van der Waals surface area contributed by atoms with Gasteiger partial charge in [-0.3, -0.25) is 9.56 Å². The molecule has 2 heterocycles. The molecule has 27 heavy (non-hydrogen) atoms. The number of thiophene rings is 1. The van der Waals surface area contributed by atoms with Gasteiger partial charge in [0, 0.05) is 21.0 Å². The van der Waals surface area contributed by atoms with Crippen molar-refractivity contribution in [3.05, 3.63) is 63.0 Å². The number of hydrogen-bond donors (Lipinski definition) is 1. The van der Waals surface area contributed by atoms with Gasteiger partial charge in [0.05, 0.1) is 11.8 Å². The number of nitrogens with zero attached hydrogens (tertiary/aromatic N) is 4. The van der Waals surface area contributed by atoms with Crippen LogP contribution in [0.15, 0.2) is 35.6 Å². The summed E-state index contributed by atoms with van der Waals surface area (Å²) in [5.74, 6) is 1.34. The van der Waals surface area contributed by atoms with Crippen LogP contribution in [0, 0.1) is 26.7 Å². The third-order valence-electron chi connectivity index (χ3n) is 5.14. The van der Waals surface area contributed by atoms with Crippen LogP contribution in [0.2, 0.25) is 5.02 Å². The summed E-state index contributed by atoms with van der Waals surface area (Å²) < 4.78 is 2.04. The van der Waals surface area contributed by atoms with Crippen LogP contribution in [-0.4, -0.2) is 33.1 Å². The molecule has 7 heteroatoms. The van der Waals surface area contributed by atoms with Gasteiger partial charge in [0.25, 0.3) is 0 Å². The van der Waals surface area contributed by atoms with Crippen LogP contribution in [0.5, 0.6) is 0 Å². The third kappa shape index (κ3) is 3.45. The van der Waals surface area contributed by atoms with Gasteiger partial charge in [-0.1, -0.05) is 23.7 Å². The number of hydrogen-bond acceptors (Lipinski definition) is 5. The van der Waals surface area contributed by atoms with E-state index in [-0.39, 0.29) is 6.04 Å². The molecule has 0 spiro atoms. The predicted molar refractivity (Wildman–Crippen MR) is 111 cm³/mol. The fourth-order valence-corrected chi connectivity index (χ4v) is 4.55. The Hall–Kier alpha value is -2.02. The fourth-order valence-electron chi connectivity index (χ4n) is 3.25. The van der Waals surface area contributed by atoms with Gasteiger partial charge >= 0.3 is 0 Å². The van der Waals surface area contributed by atoms with Crippen molar-refractivity contribution in [2.24, 2.45) is 16.6 Å². The van der Waals surface area contributed by atoms with Crippen molar-refractivity contribution in [2.75, 3.05) is 6.54 Å². The standard InChI is InChI=1S/C20H22ClN5S/c1-11-12(2)27-20(26-10-23-25-13(26)3)18(11)19(24-17-8-15(17)9-22)14-4-6-16(21)7-5-14/h4-7,10,15,17H,8-9,22H2,1-3H3. The molecule has 2 unspecified atom stereocenters. The molecule has 2 atom stereocenters. The van der Waals surface area contributed by atoms with E-state index in [1.807, 2.05) is 35.8 Å². The second-order valence-electron chi connectivity index (χ2n) is 6.99. The summed E-state index contributed by atoms with van der Waals surface area (Å²) in [4.78, 5) is 6.40. The van der Waals surface area contributed by atoms with Gasteiger partial charge in [-0.2, -0.15) is 0 Å². The van der Waals surface area contributed by atoms with E-state index in [1.165, 1.54) is 10.4 Å². The van der Waals surface area contributed by atoms with Crippen LogP contribution < -0.4 is 5.73 Å². The van der Waals surface area contributed by atoms with Gasteiger partial charge < -0.3 is 5.73 Å². The lowest BCUT2D eigenvalue weighted by atomic mass is 9.99. The topological polar surface area (TPSA) is 69.1 Å². The Balaban J connectivity index is 1.91. The summed E-state index contributed by atoms with van der Waals surface area (Å²) >= 11 is 7.86. The lowest BCUT2D eigenvalue weighted by molar-refractivity contribution is 0.801. The van der Waals surface area contributed by atoms with E-state index in [0.29, 0.717) is 12.5 Å². The number of aryl methyl sites for hydroxylation is 2. The van der Waals surface area contributed by atoms with Crippen molar-refractivity contribution in [3.63, 3.8) is 0 Å². The highest BCUT2D eigenvalue weighted by Gasteiger charge is 2.36. The zero-order valence-corrected chi connectivity index (χ0v) is 17.2. The lowest BCUT2D eigenvalue weighted by Gasteiger charge is -2.12. The molecule has 2 aromatic heterocycles. The van der Waals surface area contributed by atoms with E-state index in [0.717, 1.165) is 39.1 Å². The SMILES string of the molecule is Cc1sc(-n2cnnc2C)c(C(=NC2CC2CN)c2ccc(Cl)cc2)c1C. The number of rotatable bonds is 5. The summed E-state index contributed by atoms with van der Waals surface area (Å²) in [6.07, 6.45) is 2.82. The van der Waals surface area contributed by atoms with E-state index in [2.05, 4.69) is 24.0 Å². The zero-order valence-electron chi connectivity index (χ0n) is 15.6. The first-order valence-corrected chi connectivity index (χ1v) is 10.2. The molecule has 1 aliphatic carbocycles. The van der Waals surface area contributed by atoms with Crippen LogP contribution >= 0.6 is 22.9 Å². The Morgan fingerprint density at radius 1 is 1.30 bits per heavy atom. The molecule has 3 aromatic rings. The summed E-state index contributed by atoms with van der Waals surface area (Å²) in [6, 6.07) is 8.19. The second-order valence-corrected chi connectivity index (χ2v) is 8.63. The highest BCUT2D eigenvalue weighted by atomic mass is 35.5. The molecule has 0 saturated heterocycles. The molecule has 1 saturated carbocycles. The number of benzene rings is 1. The van der Waals surface area contributed by atoms with E-state index >= 15 is 0 Å². The number of aliphatic imine (C=N–C) groups is 1. The highest BCUT2D eigenvalue weighted by Crippen LogP contribution is 2.37. The maximum absolute atomic E-state index is 6.12. The molecule has 1 fully saturated rings. The minimum absolute atomic E-state index is 0.287. The van der Waals surface area contributed by atoms with Crippen LogP contribution in [0.1, 0.15) is 33.8 Å². The van der Waals surface area contributed by atoms with Gasteiger partial charge in [-0.15, -0.1) is 21.5 Å². The Kier molecular flexibility index (Phi) is 4.88. The summed E-state index contributed by atoms with van der Waals surface area (Å²) in [7, 11) is 0. The van der Waals surface area contributed by atoms with Crippen LogP contribution in [-0.2, 0) is 0 Å². The Bertz CT molecular complexity index is 1000. The van der Waals surface area contributed by atoms with Crippen molar-refractivity contribution in [2.45, 2.75) is 33.2 Å². The van der Waals surface area contributed by atoms with Crippen molar-refractivity contribution < 1.29 is 0 Å². The van der Waals surface area contributed by atoms with E-state index in [9.17, 15) is 0 Å². The minimum Gasteiger partial charge on any atom is -0.330 e. The van der Waals surface area contributed by atoms with E-state index < -0.39 is 0 Å². The Morgan fingerprint density at radius 2 is 2.04 bits per heavy atom. The van der Waals surface area contributed by atoms with Crippen molar-refractivity contribution in [1.29, 1.82) is 0 Å². The van der Waals surface area contributed by atoms with Gasteiger partial charge in [0.15, 0.2) is 0 Å². The fraction of sp³-hybridized carbons (Fsp3) is 0.350. The maximum Gasteiger partial charge on any atom is 0.134 e. The molecule has 0 aliphatic heterocycles. The van der Waals surface area contributed by atoms with Crippen molar-refractivity contribution in [3.8, 4) is 5.00 Å². The quantitative estimate of drug-likeness (QED) is 0.657. The second kappa shape index (κ2) is 7.19. The van der Waals surface area contributed by atoms with Gasteiger partial charge in [0.1, 0.15) is 17.2 Å². The largest absolute Gasteiger partial charge is 0.330 e. The molecule has 0 amide bonds. The summed E-state index contributed by atoms with van der Waals surface area (Å²) in [5, 5.41) is 10.1. The number of halogens is 1. The summed E-state index contributed by atoms with van der Waals surface area (Å²) in [6.45, 7) is 6.95. The molecule has 0 radical (unpaired) electrons. The number of nitrogens with two attached hydrogens (primary N) is 1. The highest BCUT2D eigenvalue weighted by molar-refractivity contribution is 7.15. The maximum atomic E-state index is 6.12. The first kappa shape index (κ1) is 18.3. The Labute approximate surface area is 167 Å². The molecule has 2 N–H and O–H groups in total. The average Bonchev–Trinajstić information content (AvgIpc) is 3.18. The molecule has 1 aromatic carbocycles. The van der Waals surface area contributed by atoms with Gasteiger partial charge in [-0.05, 0) is 57.4 Å². The third-order valence-corrected chi connectivity index (χ3v) is 6.60. The molecule has 4 rings (SSSR count). The average molecular weight is 400 g/mol. The van der Waals surface area contributed by atoms with Gasteiger partial charge in [0.2, 0.25) is 0 Å². The first-order valence-electron chi connectivity index (χ1n) is 9.00. The van der Waals surface area contributed by atoms with E-state index in [1.54, 1.807) is 17.7 Å². The number of aromatic nitrogens is 3. The monoisotopic (exact) mass is 399 g/mol. The van der Waals surface area contributed by atoms with Crippen LogP contribution in [0.25, 0.3) is 5.00 Å². The zero-order chi connectivity index (χ0) is 19.1. The van der Waals surface area contributed by atoms with E-state index in [4.69, 9.17) is 22.3 Å². The van der Waals surface area contributed by atoms with Crippen molar-refractivity contribution in [1.82, 2.24) is 14.8 Å². The first-order chi connectivity index (χ1) is 13.0. The molecular formula is C20H22ClN5S. The predicted octanol–water partition coefficient (Wildman–Crippen LogP) is 4.09. The molecule has 0 bridgehead atoms. The molecule has 1 aliphatic rings. The Morgan fingerprint density at radius 3 is 2.63 bits per heavy atom. The molecule has 5 nitrogen and oxygen atoms in total. The van der Waals surface area contributed by atoms with Gasteiger partial charge in [-0.25, -0.2) is 0 Å². The lowest BCUT2D eigenvalue weighted by Crippen LogP contribution is -2.11. The molecule has 140 valence electrons. The van der Waals surface area contributed by atoms with Crippen molar-refractivity contribution >= 4 is 28.6 Å². The minimum atomic E-state index is 0.287.